The van der Waals surface area contributed by atoms with Crippen molar-refractivity contribution in [3.8, 4) is 0 Å². The number of esters is 1. The molecule has 1 unspecified atom stereocenters. The summed E-state index contributed by atoms with van der Waals surface area (Å²) in [5.74, 6) is 0.782. The first-order chi connectivity index (χ1) is 6.76. The molecule has 80 valence electrons. The third-order valence-corrected chi connectivity index (χ3v) is 3.07. The number of thioether (sulfide) groups is 1. The molecule has 14 heavy (non-hydrogen) atoms. The summed E-state index contributed by atoms with van der Waals surface area (Å²) in [5.41, 5.74) is 0. The molecular formula is C9H16N2O2S. The molecule has 0 amide bonds. The average molecular weight is 216 g/mol. The number of nitrogens with zero attached hydrogens (tertiary/aromatic N) is 1. The van der Waals surface area contributed by atoms with Crippen molar-refractivity contribution in [3.05, 3.63) is 0 Å². The maximum atomic E-state index is 10.8. The van der Waals surface area contributed by atoms with E-state index in [1.165, 1.54) is 13.5 Å². The van der Waals surface area contributed by atoms with Crippen molar-refractivity contribution < 1.29 is 9.53 Å². The number of methoxy groups -OCH3 is 1. The molecular weight excluding hydrogens is 200 g/mol. The smallest absolute Gasteiger partial charge is 0.327 e. The Kier molecular flexibility index (Phi) is 4.79. The van der Waals surface area contributed by atoms with Gasteiger partial charge in [-0.15, -0.1) is 0 Å². The van der Waals surface area contributed by atoms with Crippen LogP contribution in [0.15, 0.2) is 4.99 Å². The summed E-state index contributed by atoms with van der Waals surface area (Å²) in [6.07, 6.45) is 2.26. The highest BCUT2D eigenvalue weighted by Crippen LogP contribution is 2.15. The second-order valence-corrected chi connectivity index (χ2v) is 4.17. The van der Waals surface area contributed by atoms with Crippen LogP contribution in [0.2, 0.25) is 0 Å². The maximum absolute atomic E-state index is 10.8. The topological polar surface area (TPSA) is 50.7 Å². The summed E-state index contributed by atoms with van der Waals surface area (Å²) < 4.78 is 4.51. The van der Waals surface area contributed by atoms with Crippen LogP contribution in [-0.2, 0) is 9.53 Å². The van der Waals surface area contributed by atoms with E-state index in [0.717, 1.165) is 17.3 Å². The number of hydrogen-bond donors (Lipinski definition) is 1. The van der Waals surface area contributed by atoms with Gasteiger partial charge < -0.3 is 10.1 Å². The van der Waals surface area contributed by atoms with Gasteiger partial charge in [0.1, 0.15) is 6.54 Å². The second kappa shape index (κ2) is 5.90. The average Bonchev–Trinajstić information content (AvgIpc) is 2.26. The van der Waals surface area contributed by atoms with Crippen molar-refractivity contribution in [2.45, 2.75) is 25.8 Å². The first-order valence-corrected chi connectivity index (χ1v) is 5.75. The fourth-order valence-electron chi connectivity index (χ4n) is 1.18. The van der Waals surface area contributed by atoms with Gasteiger partial charge in [-0.2, -0.15) is 0 Å². The van der Waals surface area contributed by atoms with E-state index in [9.17, 15) is 4.79 Å². The van der Waals surface area contributed by atoms with Gasteiger partial charge in [0.05, 0.1) is 7.11 Å². The highest BCUT2D eigenvalue weighted by atomic mass is 32.2. The lowest BCUT2D eigenvalue weighted by Crippen LogP contribution is -2.37. The molecule has 0 radical (unpaired) electrons. The minimum Gasteiger partial charge on any atom is -0.468 e. The lowest BCUT2D eigenvalue weighted by Gasteiger charge is -2.23. The number of carbonyl (C=O) groups excluding carboxylic acids is 1. The summed E-state index contributed by atoms with van der Waals surface area (Å²) in [6, 6.07) is 0.507. The van der Waals surface area contributed by atoms with Crippen LogP contribution in [0.1, 0.15) is 19.8 Å². The molecule has 0 spiro atoms. The van der Waals surface area contributed by atoms with Gasteiger partial charge in [0, 0.05) is 11.8 Å². The van der Waals surface area contributed by atoms with Crippen LogP contribution in [0.25, 0.3) is 0 Å². The molecule has 1 aliphatic heterocycles. The van der Waals surface area contributed by atoms with Crippen molar-refractivity contribution in [2.75, 3.05) is 19.4 Å². The summed E-state index contributed by atoms with van der Waals surface area (Å²) in [4.78, 5) is 15.0. The molecule has 1 N–H and O–H groups in total. The summed E-state index contributed by atoms with van der Waals surface area (Å²) in [7, 11) is 1.37. The molecule has 0 saturated carbocycles. The molecule has 0 aromatic rings. The third-order valence-electron chi connectivity index (χ3n) is 2.10. The zero-order valence-corrected chi connectivity index (χ0v) is 9.39. The van der Waals surface area contributed by atoms with E-state index in [-0.39, 0.29) is 12.5 Å². The minimum atomic E-state index is -0.293. The Morgan fingerprint density at radius 1 is 1.79 bits per heavy atom. The number of rotatable bonds is 3. The minimum absolute atomic E-state index is 0.113. The zero-order chi connectivity index (χ0) is 10.4. The van der Waals surface area contributed by atoms with Gasteiger partial charge in [-0.3, -0.25) is 9.79 Å². The summed E-state index contributed by atoms with van der Waals surface area (Å²) in [5, 5.41) is 4.16. The first-order valence-electron chi connectivity index (χ1n) is 4.76. The molecule has 0 aliphatic carbocycles. The molecule has 1 saturated heterocycles. The molecule has 0 aromatic carbocycles. The fraction of sp³-hybridized carbons (Fsp3) is 0.778. The molecule has 1 fully saturated rings. The Labute approximate surface area is 88.5 Å². The van der Waals surface area contributed by atoms with Crippen LogP contribution >= 0.6 is 11.8 Å². The van der Waals surface area contributed by atoms with Crippen molar-refractivity contribution in [3.63, 3.8) is 0 Å². The van der Waals surface area contributed by atoms with Crippen LogP contribution in [-0.4, -0.2) is 36.6 Å². The number of amidine groups is 1. The van der Waals surface area contributed by atoms with E-state index in [0.29, 0.717) is 6.04 Å². The molecule has 0 aromatic heterocycles. The highest BCUT2D eigenvalue weighted by Gasteiger charge is 2.15. The Hall–Kier alpha value is -0.710. The van der Waals surface area contributed by atoms with Crippen LogP contribution in [0.5, 0.6) is 0 Å². The Morgan fingerprint density at radius 3 is 3.21 bits per heavy atom. The molecule has 5 heteroatoms. The summed E-state index contributed by atoms with van der Waals surface area (Å²) in [6.45, 7) is 2.26. The fourth-order valence-corrected chi connectivity index (χ4v) is 2.19. The second-order valence-electron chi connectivity index (χ2n) is 3.08. The number of aliphatic imine (C=N–C) groups is 1. The lowest BCUT2D eigenvalue weighted by molar-refractivity contribution is -0.138. The van der Waals surface area contributed by atoms with Crippen LogP contribution in [0, 0.1) is 0 Å². The maximum Gasteiger partial charge on any atom is 0.327 e. The molecule has 0 bridgehead atoms. The van der Waals surface area contributed by atoms with Gasteiger partial charge in [-0.05, 0) is 12.8 Å². The van der Waals surface area contributed by atoms with Gasteiger partial charge in [0.15, 0.2) is 5.17 Å². The van der Waals surface area contributed by atoms with Crippen molar-refractivity contribution in [1.29, 1.82) is 0 Å². The highest BCUT2D eigenvalue weighted by molar-refractivity contribution is 8.13. The molecule has 1 aliphatic rings. The van der Waals surface area contributed by atoms with E-state index in [1.54, 1.807) is 11.8 Å². The number of carbonyl (C=O) groups is 1. The van der Waals surface area contributed by atoms with Gasteiger partial charge in [-0.25, -0.2) is 0 Å². The molecule has 1 atom stereocenters. The van der Waals surface area contributed by atoms with Gasteiger partial charge in [-0.1, -0.05) is 18.7 Å². The Bertz CT molecular complexity index is 231. The largest absolute Gasteiger partial charge is 0.468 e. The van der Waals surface area contributed by atoms with Crippen LogP contribution < -0.4 is 5.32 Å². The first kappa shape index (κ1) is 11.4. The molecule has 1 rings (SSSR count). The number of ether oxygens (including phenoxy) is 1. The predicted molar refractivity (Wildman–Crippen MR) is 58.6 cm³/mol. The quantitative estimate of drug-likeness (QED) is 0.716. The van der Waals surface area contributed by atoms with E-state index < -0.39 is 0 Å². The number of hydrogen-bond acceptors (Lipinski definition) is 4. The molecule has 1 heterocycles. The third kappa shape index (κ3) is 3.57. The van der Waals surface area contributed by atoms with E-state index in [1.807, 2.05) is 0 Å². The van der Waals surface area contributed by atoms with Crippen molar-refractivity contribution in [1.82, 2.24) is 5.32 Å². The van der Waals surface area contributed by atoms with Crippen LogP contribution in [0.4, 0.5) is 0 Å². The monoisotopic (exact) mass is 216 g/mol. The van der Waals surface area contributed by atoms with Crippen molar-refractivity contribution in [2.24, 2.45) is 4.99 Å². The van der Waals surface area contributed by atoms with Gasteiger partial charge in [0.2, 0.25) is 0 Å². The normalized spacial score (nSPS) is 24.4. The van der Waals surface area contributed by atoms with Crippen molar-refractivity contribution >= 4 is 22.9 Å². The number of nitrogens with one attached hydrogen (secondary N) is 1. The van der Waals surface area contributed by atoms with E-state index >= 15 is 0 Å². The van der Waals surface area contributed by atoms with E-state index in [4.69, 9.17) is 0 Å². The SMILES string of the molecule is CCC1CCSC(=NCC(=O)OC)N1. The van der Waals surface area contributed by atoms with Gasteiger partial charge >= 0.3 is 5.97 Å². The zero-order valence-electron chi connectivity index (χ0n) is 8.58. The standard InChI is InChI=1S/C9H16N2O2S/c1-3-7-4-5-14-9(11-7)10-6-8(12)13-2/h7H,3-6H2,1-2H3,(H,10,11). The lowest BCUT2D eigenvalue weighted by atomic mass is 10.2. The molecule has 4 nitrogen and oxygen atoms in total. The van der Waals surface area contributed by atoms with Gasteiger partial charge in [0.25, 0.3) is 0 Å². The van der Waals surface area contributed by atoms with E-state index in [2.05, 4.69) is 22.0 Å². The predicted octanol–water partition coefficient (Wildman–Crippen LogP) is 1.02. The Morgan fingerprint density at radius 2 is 2.57 bits per heavy atom. The Balaban J connectivity index is 2.39. The summed E-state index contributed by atoms with van der Waals surface area (Å²) >= 11 is 1.67. The van der Waals surface area contributed by atoms with Crippen LogP contribution in [0.3, 0.4) is 0 Å².